The van der Waals surface area contributed by atoms with E-state index in [-0.39, 0.29) is 11.7 Å². The van der Waals surface area contributed by atoms with Crippen molar-refractivity contribution >= 4 is 27.3 Å². The van der Waals surface area contributed by atoms with Crippen LogP contribution in [0.15, 0.2) is 68.6 Å². The molecule has 5 rings (SSSR count). The van der Waals surface area contributed by atoms with E-state index in [1.807, 2.05) is 48.3 Å². The molecule has 0 saturated carbocycles. The highest BCUT2D eigenvalue weighted by molar-refractivity contribution is 9.10. The third-order valence-electron chi connectivity index (χ3n) is 5.14. The van der Waals surface area contributed by atoms with Gasteiger partial charge >= 0.3 is 0 Å². The van der Waals surface area contributed by atoms with Crippen molar-refractivity contribution in [3.05, 3.63) is 91.8 Å². The first kappa shape index (κ1) is 17.9. The summed E-state index contributed by atoms with van der Waals surface area (Å²) < 4.78 is 13.0. The van der Waals surface area contributed by atoms with Crippen LogP contribution >= 0.6 is 15.9 Å². The summed E-state index contributed by atoms with van der Waals surface area (Å²) in [6, 6.07) is 16.1. The number of nitro groups is 1. The zero-order chi connectivity index (χ0) is 20.1. The van der Waals surface area contributed by atoms with E-state index in [9.17, 15) is 10.1 Å². The number of aryl methyl sites for hydroxylation is 1. The predicted molar refractivity (Wildman–Crippen MR) is 110 cm³/mol. The molecule has 3 aromatic rings. The molecule has 2 aromatic carbocycles. The van der Waals surface area contributed by atoms with Gasteiger partial charge in [0.25, 0.3) is 5.69 Å². The van der Waals surface area contributed by atoms with E-state index >= 15 is 0 Å². The van der Waals surface area contributed by atoms with Crippen LogP contribution in [0.25, 0.3) is 0 Å². The number of nitrogens with zero attached hydrogens (tertiary/aromatic N) is 3. The minimum atomic E-state index is -0.567. The second-order valence-electron chi connectivity index (χ2n) is 7.06. The number of hydrazone groups is 1. The molecule has 0 unspecified atom stereocenters. The lowest BCUT2D eigenvalue weighted by atomic mass is 9.97. The smallest absolute Gasteiger partial charge is 0.269 e. The number of nitro benzene ring substituents is 1. The van der Waals surface area contributed by atoms with Crippen LogP contribution < -0.4 is 4.74 Å². The quantitative estimate of drug-likeness (QED) is 0.386. The molecular formula is C21H16BrN3O4. The van der Waals surface area contributed by atoms with E-state index in [0.717, 1.165) is 33.0 Å². The minimum Gasteiger partial charge on any atom is -0.464 e. The summed E-state index contributed by atoms with van der Waals surface area (Å²) in [6.07, 6.45) is 0.0905. The van der Waals surface area contributed by atoms with Crippen molar-refractivity contribution in [2.45, 2.75) is 25.6 Å². The predicted octanol–water partition coefficient (Wildman–Crippen LogP) is 5.50. The Balaban J connectivity index is 1.61. The Morgan fingerprint density at radius 2 is 2.07 bits per heavy atom. The van der Waals surface area contributed by atoms with Crippen LogP contribution in [0.3, 0.4) is 0 Å². The van der Waals surface area contributed by atoms with Crippen molar-refractivity contribution < 1.29 is 14.1 Å². The first-order chi connectivity index (χ1) is 14.0. The van der Waals surface area contributed by atoms with Gasteiger partial charge in [0.05, 0.1) is 11.0 Å². The summed E-state index contributed by atoms with van der Waals surface area (Å²) >= 11 is 3.53. The highest BCUT2D eigenvalue weighted by Crippen LogP contribution is 2.48. The molecule has 0 saturated heterocycles. The molecule has 146 valence electrons. The van der Waals surface area contributed by atoms with E-state index in [1.165, 1.54) is 12.1 Å². The zero-order valence-corrected chi connectivity index (χ0v) is 17.0. The maximum atomic E-state index is 11.2. The summed E-state index contributed by atoms with van der Waals surface area (Å²) in [5.41, 5.74) is 2.55. The van der Waals surface area contributed by atoms with Gasteiger partial charge in [0, 0.05) is 34.2 Å². The average molecular weight is 454 g/mol. The van der Waals surface area contributed by atoms with Crippen LogP contribution in [-0.4, -0.2) is 15.6 Å². The Labute approximate surface area is 174 Å². The number of hydrogen-bond acceptors (Lipinski definition) is 6. The Bertz CT molecular complexity index is 1160. The normalized spacial score (nSPS) is 19.9. The third-order valence-corrected chi connectivity index (χ3v) is 5.64. The van der Waals surface area contributed by atoms with Gasteiger partial charge in [0.15, 0.2) is 0 Å². The highest BCUT2D eigenvalue weighted by Gasteiger charge is 2.42. The molecule has 8 heteroatoms. The van der Waals surface area contributed by atoms with Gasteiger partial charge in [0.2, 0.25) is 6.23 Å². The van der Waals surface area contributed by atoms with E-state index in [1.54, 1.807) is 6.07 Å². The monoisotopic (exact) mass is 453 g/mol. The summed E-state index contributed by atoms with van der Waals surface area (Å²) in [4.78, 5) is 10.8. The zero-order valence-electron chi connectivity index (χ0n) is 15.4. The van der Waals surface area contributed by atoms with Crippen molar-refractivity contribution in [1.29, 1.82) is 0 Å². The molecule has 2 atom stereocenters. The Kier molecular flexibility index (Phi) is 4.16. The summed E-state index contributed by atoms with van der Waals surface area (Å²) in [6.45, 7) is 1.90. The van der Waals surface area contributed by atoms with Crippen molar-refractivity contribution in [2.75, 3.05) is 0 Å². The Morgan fingerprint density at radius 3 is 2.83 bits per heavy atom. The number of benzene rings is 2. The summed E-state index contributed by atoms with van der Waals surface area (Å²) in [5, 5.41) is 17.9. The minimum absolute atomic E-state index is 0.0225. The largest absolute Gasteiger partial charge is 0.464 e. The van der Waals surface area contributed by atoms with E-state index in [2.05, 4.69) is 15.9 Å². The van der Waals surface area contributed by atoms with Gasteiger partial charge in [-0.05, 0) is 37.3 Å². The second kappa shape index (κ2) is 6.73. The number of fused-ring (bicyclic) bond motifs is 3. The fourth-order valence-corrected chi connectivity index (χ4v) is 4.19. The standard InChI is InChI=1S/C21H16BrN3O4/c1-12-5-7-20(28-12)17-11-18-16-10-14(22)6-8-19(16)29-21(24(18)23-17)13-3-2-4-15(9-13)25(26)27/h2-10,18,21H,11H2,1H3/t18-,21+/m0/s1. The highest BCUT2D eigenvalue weighted by atomic mass is 79.9. The van der Waals surface area contributed by atoms with Gasteiger partial charge in [0.1, 0.15) is 23.0 Å². The molecule has 0 spiro atoms. The molecule has 3 heterocycles. The molecule has 29 heavy (non-hydrogen) atoms. The number of rotatable bonds is 3. The molecule has 0 bridgehead atoms. The van der Waals surface area contributed by atoms with Crippen molar-refractivity contribution in [1.82, 2.24) is 5.01 Å². The first-order valence-corrected chi connectivity index (χ1v) is 9.92. The van der Waals surface area contributed by atoms with Crippen LogP contribution in [0, 0.1) is 17.0 Å². The van der Waals surface area contributed by atoms with Gasteiger partial charge in [-0.1, -0.05) is 28.1 Å². The molecule has 0 N–H and O–H groups in total. The Hall–Kier alpha value is -3.13. The van der Waals surface area contributed by atoms with Crippen LogP contribution in [0.2, 0.25) is 0 Å². The molecule has 2 aliphatic heterocycles. The molecule has 2 aliphatic rings. The van der Waals surface area contributed by atoms with Crippen LogP contribution in [0.1, 0.15) is 41.3 Å². The number of ether oxygens (including phenoxy) is 1. The number of hydrogen-bond donors (Lipinski definition) is 0. The van der Waals surface area contributed by atoms with Crippen molar-refractivity contribution in [3.8, 4) is 5.75 Å². The first-order valence-electron chi connectivity index (χ1n) is 9.13. The third kappa shape index (κ3) is 3.09. The lowest BCUT2D eigenvalue weighted by molar-refractivity contribution is -0.385. The molecule has 1 aromatic heterocycles. The van der Waals surface area contributed by atoms with Gasteiger partial charge < -0.3 is 9.15 Å². The lowest BCUT2D eigenvalue weighted by Gasteiger charge is -2.38. The lowest BCUT2D eigenvalue weighted by Crippen LogP contribution is -2.33. The molecule has 7 nitrogen and oxygen atoms in total. The van der Waals surface area contributed by atoms with E-state index in [4.69, 9.17) is 14.3 Å². The van der Waals surface area contributed by atoms with Crippen LogP contribution in [0.5, 0.6) is 5.75 Å². The Morgan fingerprint density at radius 1 is 1.21 bits per heavy atom. The maximum absolute atomic E-state index is 11.2. The van der Waals surface area contributed by atoms with E-state index < -0.39 is 11.2 Å². The number of furan rings is 1. The SMILES string of the molecule is Cc1ccc(C2=NN3[C@@H](c4cccc([N+](=O)[O-])c4)Oc4ccc(Br)cc4[C@@H]3C2)o1. The maximum Gasteiger partial charge on any atom is 0.269 e. The van der Waals surface area contributed by atoms with Crippen molar-refractivity contribution in [3.63, 3.8) is 0 Å². The number of non-ortho nitro benzene ring substituents is 1. The van der Waals surface area contributed by atoms with Gasteiger partial charge in [-0.25, -0.2) is 5.01 Å². The molecule has 0 radical (unpaired) electrons. The molecule has 0 fully saturated rings. The summed E-state index contributed by atoms with van der Waals surface area (Å²) in [5.74, 6) is 2.30. The second-order valence-corrected chi connectivity index (χ2v) is 7.98. The molecule has 0 amide bonds. The summed E-state index contributed by atoms with van der Waals surface area (Å²) in [7, 11) is 0. The van der Waals surface area contributed by atoms with Crippen LogP contribution in [0.4, 0.5) is 5.69 Å². The van der Waals surface area contributed by atoms with Gasteiger partial charge in [-0.2, -0.15) is 5.10 Å². The van der Waals surface area contributed by atoms with Crippen molar-refractivity contribution in [2.24, 2.45) is 5.10 Å². The molecule has 0 aliphatic carbocycles. The van der Waals surface area contributed by atoms with Crippen LogP contribution in [-0.2, 0) is 0 Å². The number of halogens is 1. The fraction of sp³-hybridized carbons (Fsp3) is 0.190. The average Bonchev–Trinajstić information content (AvgIpc) is 3.34. The molecular weight excluding hydrogens is 438 g/mol. The topological polar surface area (TPSA) is 81.1 Å². The van der Waals surface area contributed by atoms with E-state index in [0.29, 0.717) is 12.0 Å². The van der Waals surface area contributed by atoms with Gasteiger partial charge in [-0.3, -0.25) is 10.1 Å². The van der Waals surface area contributed by atoms with Gasteiger partial charge in [-0.15, -0.1) is 0 Å². The fourth-order valence-electron chi connectivity index (χ4n) is 3.81.